The van der Waals surface area contributed by atoms with Gasteiger partial charge in [-0.1, -0.05) is 25.0 Å². The molecule has 0 saturated heterocycles. The molecule has 0 aromatic carbocycles. The van der Waals surface area contributed by atoms with Gasteiger partial charge in [-0.3, -0.25) is 0 Å². The molecule has 0 bridgehead atoms. The van der Waals surface area contributed by atoms with E-state index in [-0.39, 0.29) is 6.10 Å². The van der Waals surface area contributed by atoms with Crippen LogP contribution in [-0.2, 0) is 0 Å². The molecule has 1 unspecified atom stereocenters. The summed E-state index contributed by atoms with van der Waals surface area (Å²) in [6.45, 7) is 2.56. The molecule has 4 rings (SSSR count). The van der Waals surface area contributed by atoms with Gasteiger partial charge in [-0.15, -0.1) is 0 Å². The Bertz CT molecular complexity index is 458. The van der Waals surface area contributed by atoms with Crippen molar-refractivity contribution in [1.29, 1.82) is 0 Å². The second-order valence-corrected chi connectivity index (χ2v) is 7.60. The molecule has 2 fully saturated rings. The largest absolute Gasteiger partial charge is 0.389 e. The SMILES string of the molecule is C[C@@]12CCC[C@H]1[C@@H]1CCC3=CC(O)CCC3=C1CC2. The Morgan fingerprint density at radius 3 is 2.89 bits per heavy atom. The zero-order valence-corrected chi connectivity index (χ0v) is 12.1. The third-order valence-corrected chi connectivity index (χ3v) is 6.64. The number of aliphatic hydroxyl groups excluding tert-OH is 1. The molecule has 4 aliphatic rings. The van der Waals surface area contributed by atoms with Crippen molar-refractivity contribution in [1.82, 2.24) is 0 Å². The van der Waals surface area contributed by atoms with Crippen LogP contribution in [0.5, 0.6) is 0 Å². The maximum Gasteiger partial charge on any atom is 0.0729 e. The van der Waals surface area contributed by atoms with E-state index < -0.39 is 0 Å². The highest BCUT2D eigenvalue weighted by molar-refractivity contribution is 5.43. The lowest BCUT2D eigenvalue weighted by atomic mass is 9.58. The first-order valence-corrected chi connectivity index (χ1v) is 8.28. The lowest BCUT2D eigenvalue weighted by molar-refractivity contribution is 0.117. The summed E-state index contributed by atoms with van der Waals surface area (Å²) >= 11 is 0. The van der Waals surface area contributed by atoms with E-state index in [1.807, 2.05) is 5.57 Å². The Hall–Kier alpha value is -0.560. The molecule has 1 N–H and O–H groups in total. The van der Waals surface area contributed by atoms with E-state index in [1.54, 1.807) is 5.57 Å². The lowest BCUT2D eigenvalue weighted by Crippen LogP contribution is -2.37. The second kappa shape index (κ2) is 4.22. The Balaban J connectivity index is 1.73. The molecule has 0 aromatic heterocycles. The molecular formula is C18H26O. The fourth-order valence-electron chi connectivity index (χ4n) is 5.64. The molecule has 2 saturated carbocycles. The first-order valence-electron chi connectivity index (χ1n) is 8.28. The molecule has 0 heterocycles. The molecule has 4 atom stereocenters. The van der Waals surface area contributed by atoms with Crippen LogP contribution < -0.4 is 0 Å². The summed E-state index contributed by atoms with van der Waals surface area (Å²) in [4.78, 5) is 0. The molecule has 1 nitrogen and oxygen atoms in total. The summed E-state index contributed by atoms with van der Waals surface area (Å²) < 4.78 is 0. The van der Waals surface area contributed by atoms with Crippen LogP contribution in [0.15, 0.2) is 22.8 Å². The minimum Gasteiger partial charge on any atom is -0.389 e. The van der Waals surface area contributed by atoms with Crippen molar-refractivity contribution in [2.24, 2.45) is 17.3 Å². The topological polar surface area (TPSA) is 20.2 Å². The van der Waals surface area contributed by atoms with Crippen molar-refractivity contribution in [3.8, 4) is 0 Å². The highest BCUT2D eigenvalue weighted by Gasteiger charge is 2.48. The van der Waals surface area contributed by atoms with E-state index in [2.05, 4.69) is 13.0 Å². The first kappa shape index (κ1) is 12.2. The Morgan fingerprint density at radius 2 is 2.00 bits per heavy atom. The summed E-state index contributed by atoms with van der Waals surface area (Å²) in [6, 6.07) is 0. The number of fused-ring (bicyclic) bond motifs is 4. The van der Waals surface area contributed by atoms with E-state index in [9.17, 15) is 5.11 Å². The van der Waals surface area contributed by atoms with Gasteiger partial charge in [-0.25, -0.2) is 0 Å². The average molecular weight is 258 g/mol. The van der Waals surface area contributed by atoms with E-state index in [4.69, 9.17) is 0 Å². The zero-order chi connectivity index (χ0) is 13.0. The van der Waals surface area contributed by atoms with Crippen LogP contribution in [0, 0.1) is 17.3 Å². The van der Waals surface area contributed by atoms with E-state index in [0.717, 1.165) is 24.7 Å². The first-order chi connectivity index (χ1) is 9.17. The number of rotatable bonds is 0. The highest BCUT2D eigenvalue weighted by Crippen LogP contribution is 2.59. The van der Waals surface area contributed by atoms with Crippen LogP contribution in [0.3, 0.4) is 0 Å². The van der Waals surface area contributed by atoms with Crippen LogP contribution in [0.1, 0.15) is 64.7 Å². The van der Waals surface area contributed by atoms with Gasteiger partial charge in [0.2, 0.25) is 0 Å². The van der Waals surface area contributed by atoms with E-state index in [0.29, 0.717) is 5.41 Å². The molecule has 104 valence electrons. The van der Waals surface area contributed by atoms with Gasteiger partial charge in [0.05, 0.1) is 6.10 Å². The van der Waals surface area contributed by atoms with Crippen LogP contribution in [0.2, 0.25) is 0 Å². The molecule has 19 heavy (non-hydrogen) atoms. The normalized spacial score (nSPS) is 45.4. The van der Waals surface area contributed by atoms with Gasteiger partial charge in [0, 0.05) is 0 Å². The van der Waals surface area contributed by atoms with Crippen LogP contribution in [0.4, 0.5) is 0 Å². The number of hydrogen-bond acceptors (Lipinski definition) is 1. The Labute approximate surface area is 116 Å². The van der Waals surface area contributed by atoms with Gasteiger partial charge < -0.3 is 5.11 Å². The third-order valence-electron chi connectivity index (χ3n) is 6.64. The van der Waals surface area contributed by atoms with Crippen molar-refractivity contribution < 1.29 is 5.11 Å². The molecule has 0 spiro atoms. The monoisotopic (exact) mass is 258 g/mol. The molecule has 0 radical (unpaired) electrons. The van der Waals surface area contributed by atoms with Gasteiger partial charge in [-0.05, 0) is 79.8 Å². The molecule has 0 amide bonds. The lowest BCUT2D eigenvalue weighted by Gasteiger charge is -2.47. The van der Waals surface area contributed by atoms with Gasteiger partial charge in [0.1, 0.15) is 0 Å². The number of allylic oxidation sites excluding steroid dienone is 3. The van der Waals surface area contributed by atoms with E-state index >= 15 is 0 Å². The molecular weight excluding hydrogens is 232 g/mol. The smallest absolute Gasteiger partial charge is 0.0729 e. The summed E-state index contributed by atoms with van der Waals surface area (Å²) in [6.07, 6.45) is 13.8. The van der Waals surface area contributed by atoms with Crippen molar-refractivity contribution >= 4 is 0 Å². The predicted octanol–water partition coefficient (Wildman–Crippen LogP) is 4.37. The predicted molar refractivity (Wildman–Crippen MR) is 77.8 cm³/mol. The van der Waals surface area contributed by atoms with Crippen molar-refractivity contribution in [2.45, 2.75) is 70.8 Å². The fraction of sp³-hybridized carbons (Fsp3) is 0.778. The Kier molecular flexibility index (Phi) is 2.71. The standard InChI is InChI=1S/C18H26O/c1-18-9-2-3-17(18)16-6-4-12-11-13(19)5-7-14(12)15(16)8-10-18/h11,13,16-17,19H,2-10H2,1H3/t13?,16-,17+,18+/m1/s1. The molecule has 0 aliphatic heterocycles. The zero-order valence-electron chi connectivity index (χ0n) is 12.1. The van der Waals surface area contributed by atoms with E-state index in [1.165, 1.54) is 50.5 Å². The number of hydrogen-bond donors (Lipinski definition) is 1. The summed E-state index contributed by atoms with van der Waals surface area (Å²) in [5, 5.41) is 9.84. The van der Waals surface area contributed by atoms with Crippen LogP contribution >= 0.6 is 0 Å². The van der Waals surface area contributed by atoms with Gasteiger partial charge in [-0.2, -0.15) is 0 Å². The van der Waals surface area contributed by atoms with Crippen molar-refractivity contribution in [3.05, 3.63) is 22.8 Å². The minimum atomic E-state index is -0.170. The maximum atomic E-state index is 9.84. The molecule has 4 aliphatic carbocycles. The van der Waals surface area contributed by atoms with Crippen molar-refractivity contribution in [3.63, 3.8) is 0 Å². The summed E-state index contributed by atoms with van der Waals surface area (Å²) in [7, 11) is 0. The van der Waals surface area contributed by atoms with Gasteiger partial charge >= 0.3 is 0 Å². The second-order valence-electron chi connectivity index (χ2n) is 7.60. The average Bonchev–Trinajstić information content (AvgIpc) is 2.79. The summed E-state index contributed by atoms with van der Waals surface area (Å²) in [5.74, 6) is 1.86. The minimum absolute atomic E-state index is 0.170. The fourth-order valence-corrected chi connectivity index (χ4v) is 5.64. The van der Waals surface area contributed by atoms with Crippen molar-refractivity contribution in [2.75, 3.05) is 0 Å². The van der Waals surface area contributed by atoms with Crippen LogP contribution in [-0.4, -0.2) is 11.2 Å². The van der Waals surface area contributed by atoms with Gasteiger partial charge in [0.15, 0.2) is 0 Å². The summed E-state index contributed by atoms with van der Waals surface area (Å²) in [5.41, 5.74) is 5.65. The maximum absolute atomic E-state index is 9.84. The molecule has 0 aromatic rings. The quantitative estimate of drug-likeness (QED) is 0.684. The third kappa shape index (κ3) is 1.77. The highest BCUT2D eigenvalue weighted by atomic mass is 16.3. The molecule has 1 heteroatoms. The Morgan fingerprint density at radius 1 is 1.11 bits per heavy atom. The van der Waals surface area contributed by atoms with Crippen LogP contribution in [0.25, 0.3) is 0 Å². The van der Waals surface area contributed by atoms with Gasteiger partial charge in [0.25, 0.3) is 0 Å². The number of aliphatic hydroxyl groups is 1.